The van der Waals surface area contributed by atoms with Crippen molar-refractivity contribution in [1.29, 1.82) is 0 Å². The summed E-state index contributed by atoms with van der Waals surface area (Å²) in [4.78, 5) is 4.60. The van der Waals surface area contributed by atoms with Gasteiger partial charge in [-0.1, -0.05) is 0 Å². The lowest BCUT2D eigenvalue weighted by molar-refractivity contribution is 0.476. The predicted molar refractivity (Wildman–Crippen MR) is 89.0 cm³/mol. The van der Waals surface area contributed by atoms with Gasteiger partial charge >= 0.3 is 0 Å². The van der Waals surface area contributed by atoms with Crippen LogP contribution in [-0.4, -0.2) is 17.1 Å². The van der Waals surface area contributed by atoms with Gasteiger partial charge in [0, 0.05) is 21.9 Å². The maximum absolute atomic E-state index is 9.49. The summed E-state index contributed by atoms with van der Waals surface area (Å²) in [5, 5.41) is 13.6. The molecule has 0 saturated heterocycles. The first-order valence-corrected chi connectivity index (χ1v) is 7.64. The lowest BCUT2D eigenvalue weighted by Gasteiger charge is -2.04. The van der Waals surface area contributed by atoms with Crippen LogP contribution in [0.1, 0.15) is 0 Å². The number of aromatic hydroxyl groups is 1. The average molecular weight is 381 g/mol. The highest BCUT2D eigenvalue weighted by atomic mass is 127. The van der Waals surface area contributed by atoms with Crippen molar-refractivity contribution in [2.24, 2.45) is 0 Å². The third kappa shape index (κ3) is 2.40. The Kier molecular flexibility index (Phi) is 3.32. The Morgan fingerprint density at radius 2 is 2.05 bits per heavy atom. The predicted octanol–water partition coefficient (Wildman–Crippen LogP) is 4.32. The molecule has 0 atom stereocenters. The second-order valence-electron chi connectivity index (χ2n) is 4.12. The molecule has 0 fully saturated rings. The first-order chi connectivity index (χ1) is 9.17. The minimum absolute atomic E-state index is 0.280. The summed E-state index contributed by atoms with van der Waals surface area (Å²) in [7, 11) is 1.91. The summed E-state index contributed by atoms with van der Waals surface area (Å²) < 4.78 is 2.17. The normalized spacial score (nSPS) is 10.8. The van der Waals surface area contributed by atoms with E-state index in [4.69, 9.17) is 0 Å². The van der Waals surface area contributed by atoms with E-state index in [2.05, 4.69) is 51.1 Å². The van der Waals surface area contributed by atoms with Crippen molar-refractivity contribution in [3.8, 4) is 16.3 Å². The van der Waals surface area contributed by atoms with Gasteiger partial charge < -0.3 is 10.4 Å². The number of benzene rings is 2. The number of nitrogens with zero attached hydrogens (tertiary/aromatic N) is 1. The molecule has 2 N–H and O–H groups in total. The Hall–Kier alpha value is -1.34. The number of thiazole rings is 1. The van der Waals surface area contributed by atoms with Crippen LogP contribution in [0, 0.1) is 3.57 Å². The van der Waals surface area contributed by atoms with Crippen molar-refractivity contribution < 1.29 is 5.11 Å². The van der Waals surface area contributed by atoms with Gasteiger partial charge in [-0.3, -0.25) is 0 Å². The number of phenolic OH excluding ortho intramolecular Hbond substituents is 1. The lowest BCUT2D eigenvalue weighted by atomic mass is 10.2. The van der Waals surface area contributed by atoms with Gasteiger partial charge in [0.15, 0.2) is 0 Å². The fourth-order valence-electron chi connectivity index (χ4n) is 1.89. The zero-order valence-electron chi connectivity index (χ0n) is 10.1. The third-order valence-electron chi connectivity index (χ3n) is 2.86. The number of hydrogen-bond donors (Lipinski definition) is 2. The van der Waals surface area contributed by atoms with Crippen molar-refractivity contribution in [2.75, 3.05) is 12.4 Å². The van der Waals surface area contributed by atoms with E-state index in [1.54, 1.807) is 23.5 Å². The molecule has 1 aromatic heterocycles. The number of halogens is 1. The number of phenols is 1. The molecule has 0 unspecified atom stereocenters. The second kappa shape index (κ2) is 4.97. The van der Waals surface area contributed by atoms with E-state index in [0.29, 0.717) is 0 Å². The molecule has 0 bridgehead atoms. The number of nitrogens with one attached hydrogen (secondary N) is 1. The molecule has 19 heavy (non-hydrogen) atoms. The van der Waals surface area contributed by atoms with Crippen LogP contribution in [0.25, 0.3) is 20.8 Å². The second-order valence-corrected chi connectivity index (χ2v) is 6.31. The Bertz CT molecular complexity index is 754. The average Bonchev–Trinajstić information content (AvgIpc) is 2.81. The van der Waals surface area contributed by atoms with Gasteiger partial charge in [0.05, 0.1) is 10.2 Å². The van der Waals surface area contributed by atoms with Gasteiger partial charge in [-0.05, 0) is 59.0 Å². The van der Waals surface area contributed by atoms with Crippen LogP contribution in [0.3, 0.4) is 0 Å². The summed E-state index contributed by atoms with van der Waals surface area (Å²) in [6, 6.07) is 11.5. The van der Waals surface area contributed by atoms with Crippen LogP contribution < -0.4 is 5.32 Å². The molecule has 0 radical (unpaired) electrons. The minimum Gasteiger partial charge on any atom is -0.508 e. The molecule has 3 nitrogen and oxygen atoms in total. The SMILES string of the molecule is [11CH3]Nc1ccc(-c2nc3ccc(O)cc3s2)cc1I. The highest BCUT2D eigenvalue weighted by Crippen LogP contribution is 2.33. The topological polar surface area (TPSA) is 45.2 Å². The fraction of sp³-hybridized carbons (Fsp3) is 0.0714. The highest BCUT2D eigenvalue weighted by molar-refractivity contribution is 14.1. The Morgan fingerprint density at radius 1 is 1.21 bits per heavy atom. The molecule has 3 rings (SSSR count). The van der Waals surface area contributed by atoms with Gasteiger partial charge in [0.1, 0.15) is 10.8 Å². The Balaban J connectivity index is 2.11. The van der Waals surface area contributed by atoms with E-state index in [9.17, 15) is 5.11 Å². The first-order valence-electron chi connectivity index (χ1n) is 5.74. The summed E-state index contributed by atoms with van der Waals surface area (Å²) in [5.41, 5.74) is 3.14. The van der Waals surface area contributed by atoms with Crippen LogP contribution >= 0.6 is 33.9 Å². The van der Waals surface area contributed by atoms with Crippen molar-refractivity contribution in [1.82, 2.24) is 4.98 Å². The number of rotatable bonds is 2. The molecular weight excluding hydrogens is 370 g/mol. The Labute approximate surface area is 128 Å². The van der Waals surface area contributed by atoms with Crippen LogP contribution in [0.15, 0.2) is 36.4 Å². The Morgan fingerprint density at radius 3 is 2.79 bits per heavy atom. The van der Waals surface area contributed by atoms with Gasteiger partial charge in [-0.25, -0.2) is 4.98 Å². The van der Waals surface area contributed by atoms with E-state index in [1.807, 2.05) is 13.1 Å². The standard InChI is InChI=1S/C14H11IN2OS/c1-16-11-4-2-8(6-10(11)15)14-17-12-5-3-9(18)7-13(12)19-14/h2-7,16,18H,1H3/i1-1. The molecule has 0 amide bonds. The summed E-state index contributed by atoms with van der Waals surface area (Å²) in [6.07, 6.45) is 0. The largest absolute Gasteiger partial charge is 0.508 e. The molecule has 0 spiro atoms. The highest BCUT2D eigenvalue weighted by Gasteiger charge is 2.08. The zero-order chi connectivity index (χ0) is 13.4. The summed E-state index contributed by atoms with van der Waals surface area (Å²) in [5.74, 6) is 0.280. The lowest BCUT2D eigenvalue weighted by Crippen LogP contribution is -1.91. The van der Waals surface area contributed by atoms with Crippen molar-refractivity contribution in [3.63, 3.8) is 0 Å². The van der Waals surface area contributed by atoms with Gasteiger partial charge in [-0.15, -0.1) is 11.3 Å². The summed E-state index contributed by atoms with van der Waals surface area (Å²) in [6.45, 7) is 0. The molecular formula is C14H11IN2OS. The zero-order valence-corrected chi connectivity index (χ0v) is 13.1. The van der Waals surface area contributed by atoms with Crippen LogP contribution in [0.2, 0.25) is 0 Å². The van der Waals surface area contributed by atoms with E-state index >= 15 is 0 Å². The molecule has 96 valence electrons. The molecule has 1 heterocycles. The van der Waals surface area contributed by atoms with E-state index in [0.717, 1.165) is 26.5 Å². The molecule has 0 aliphatic heterocycles. The quantitative estimate of drug-likeness (QED) is 0.650. The number of anilines is 1. The van der Waals surface area contributed by atoms with Crippen LogP contribution in [0.5, 0.6) is 5.75 Å². The van der Waals surface area contributed by atoms with Gasteiger partial charge in [-0.2, -0.15) is 0 Å². The van der Waals surface area contributed by atoms with E-state index in [1.165, 1.54) is 3.57 Å². The van der Waals surface area contributed by atoms with Crippen molar-refractivity contribution >= 4 is 49.8 Å². The van der Waals surface area contributed by atoms with Gasteiger partial charge in [0.25, 0.3) is 0 Å². The van der Waals surface area contributed by atoms with Crippen LogP contribution in [0.4, 0.5) is 5.69 Å². The smallest absolute Gasteiger partial charge is 0.124 e. The summed E-state index contributed by atoms with van der Waals surface area (Å²) >= 11 is 3.90. The van der Waals surface area contributed by atoms with E-state index < -0.39 is 0 Å². The maximum Gasteiger partial charge on any atom is 0.124 e. The number of fused-ring (bicyclic) bond motifs is 1. The molecule has 5 heteroatoms. The maximum atomic E-state index is 9.49. The number of hydrogen-bond acceptors (Lipinski definition) is 4. The van der Waals surface area contributed by atoms with Gasteiger partial charge in [0.2, 0.25) is 0 Å². The molecule has 0 aliphatic rings. The monoisotopic (exact) mass is 381 g/mol. The third-order valence-corrected chi connectivity index (χ3v) is 4.82. The molecule has 3 aromatic rings. The molecule has 2 aromatic carbocycles. The molecule has 0 saturated carbocycles. The number of aromatic nitrogens is 1. The molecule has 0 aliphatic carbocycles. The van der Waals surface area contributed by atoms with Crippen LogP contribution in [-0.2, 0) is 0 Å². The first kappa shape index (κ1) is 12.7. The minimum atomic E-state index is 0.280. The fourth-order valence-corrected chi connectivity index (χ4v) is 3.67. The van der Waals surface area contributed by atoms with Crippen molar-refractivity contribution in [3.05, 3.63) is 40.0 Å². The van der Waals surface area contributed by atoms with Crippen molar-refractivity contribution in [2.45, 2.75) is 0 Å². The van der Waals surface area contributed by atoms with E-state index in [-0.39, 0.29) is 5.75 Å².